The molecule has 0 radical (unpaired) electrons. The van der Waals surface area contributed by atoms with Crippen molar-refractivity contribution < 1.29 is 14.3 Å². The summed E-state index contributed by atoms with van der Waals surface area (Å²) >= 11 is 3.46. The highest BCUT2D eigenvalue weighted by Gasteiger charge is 2.46. The molecule has 0 spiro atoms. The number of hydrogen-bond donors (Lipinski definition) is 0. The highest BCUT2D eigenvalue weighted by molar-refractivity contribution is 9.10. The van der Waals surface area contributed by atoms with Crippen LogP contribution in [0, 0.1) is 11.8 Å². The zero-order chi connectivity index (χ0) is 15.8. The first-order valence-electron chi connectivity index (χ1n) is 8.50. The summed E-state index contributed by atoms with van der Waals surface area (Å²) in [7, 11) is 0. The maximum Gasteiger partial charge on any atom is 0.226 e. The molecule has 2 heterocycles. The third kappa shape index (κ3) is 3.32. The Morgan fingerprint density at radius 1 is 1.09 bits per heavy atom. The number of carbonyl (C=O) groups excluding carboxylic acids is 1. The van der Waals surface area contributed by atoms with Crippen LogP contribution in [0.4, 0.5) is 0 Å². The zero-order valence-corrected chi connectivity index (χ0v) is 14.7. The molecule has 124 valence electrons. The number of benzene rings is 1. The minimum Gasteiger partial charge on any atom is -0.350 e. The second kappa shape index (κ2) is 6.54. The van der Waals surface area contributed by atoms with Crippen LogP contribution < -0.4 is 0 Å². The van der Waals surface area contributed by atoms with E-state index >= 15 is 0 Å². The summed E-state index contributed by atoms with van der Waals surface area (Å²) in [6, 6.07) is 8.37. The minimum atomic E-state index is -0.0382. The van der Waals surface area contributed by atoms with Crippen LogP contribution in [0.15, 0.2) is 28.7 Å². The molecule has 1 aliphatic carbocycles. The van der Waals surface area contributed by atoms with Crippen LogP contribution in [0.2, 0.25) is 0 Å². The maximum atomic E-state index is 12.7. The number of nitrogens with zero attached hydrogens (tertiary/aromatic N) is 1. The molecule has 2 aliphatic heterocycles. The molecule has 2 atom stereocenters. The van der Waals surface area contributed by atoms with Gasteiger partial charge in [-0.15, -0.1) is 0 Å². The number of rotatable bonds is 3. The molecule has 3 fully saturated rings. The summed E-state index contributed by atoms with van der Waals surface area (Å²) in [4.78, 5) is 14.7. The van der Waals surface area contributed by atoms with E-state index in [0.29, 0.717) is 31.0 Å². The van der Waals surface area contributed by atoms with Gasteiger partial charge in [0.15, 0.2) is 6.29 Å². The summed E-state index contributed by atoms with van der Waals surface area (Å²) in [6.45, 7) is 3.11. The molecule has 23 heavy (non-hydrogen) atoms. The predicted octanol–water partition coefficient (Wildman–Crippen LogP) is 3.16. The Balaban J connectivity index is 1.30. The summed E-state index contributed by atoms with van der Waals surface area (Å²) < 4.78 is 12.3. The van der Waals surface area contributed by atoms with E-state index in [1.54, 1.807) is 0 Å². The summed E-state index contributed by atoms with van der Waals surface area (Å²) in [6.07, 6.45) is 2.94. The van der Waals surface area contributed by atoms with Crippen LogP contribution in [-0.4, -0.2) is 43.4 Å². The largest absolute Gasteiger partial charge is 0.350 e. The highest BCUT2D eigenvalue weighted by Crippen LogP contribution is 2.49. The fourth-order valence-corrected chi connectivity index (χ4v) is 4.09. The van der Waals surface area contributed by atoms with Gasteiger partial charge in [-0.1, -0.05) is 28.1 Å². The van der Waals surface area contributed by atoms with Crippen LogP contribution in [-0.2, 0) is 14.3 Å². The minimum absolute atomic E-state index is 0.0382. The van der Waals surface area contributed by atoms with E-state index in [2.05, 4.69) is 45.1 Å². The van der Waals surface area contributed by atoms with Crippen LogP contribution in [0.25, 0.3) is 0 Å². The third-order valence-corrected chi connectivity index (χ3v) is 5.82. The fourth-order valence-electron chi connectivity index (χ4n) is 3.82. The first kappa shape index (κ1) is 15.6. The number of halogens is 1. The van der Waals surface area contributed by atoms with Crippen molar-refractivity contribution in [2.45, 2.75) is 31.5 Å². The molecule has 0 aromatic heterocycles. The zero-order valence-electron chi connectivity index (χ0n) is 13.1. The van der Waals surface area contributed by atoms with E-state index in [1.165, 1.54) is 5.56 Å². The van der Waals surface area contributed by atoms with Gasteiger partial charge in [0.1, 0.15) is 0 Å². The molecule has 0 N–H and O–H groups in total. The van der Waals surface area contributed by atoms with Crippen LogP contribution >= 0.6 is 15.9 Å². The van der Waals surface area contributed by atoms with E-state index in [9.17, 15) is 4.79 Å². The normalized spacial score (nSPS) is 29.0. The van der Waals surface area contributed by atoms with Crippen molar-refractivity contribution in [2.24, 2.45) is 11.8 Å². The first-order valence-corrected chi connectivity index (χ1v) is 9.29. The molecule has 1 aromatic carbocycles. The van der Waals surface area contributed by atoms with Crippen molar-refractivity contribution in [1.29, 1.82) is 0 Å². The molecule has 2 saturated heterocycles. The van der Waals surface area contributed by atoms with Gasteiger partial charge in [-0.2, -0.15) is 0 Å². The molecule has 1 aromatic rings. The van der Waals surface area contributed by atoms with Crippen molar-refractivity contribution in [3.05, 3.63) is 34.3 Å². The molecule has 1 amide bonds. The summed E-state index contributed by atoms with van der Waals surface area (Å²) in [5.41, 5.74) is 1.29. The molecular formula is C18H22BrNO3. The number of amides is 1. The van der Waals surface area contributed by atoms with Crippen LogP contribution in [0.3, 0.4) is 0 Å². The predicted molar refractivity (Wildman–Crippen MR) is 90.0 cm³/mol. The van der Waals surface area contributed by atoms with Gasteiger partial charge in [0, 0.05) is 29.4 Å². The number of likely N-dealkylation sites (tertiary alicyclic amines) is 1. The van der Waals surface area contributed by atoms with E-state index in [-0.39, 0.29) is 12.2 Å². The average Bonchev–Trinajstić information content (AvgIpc) is 3.19. The Labute approximate surface area is 145 Å². The number of hydrogen-bond acceptors (Lipinski definition) is 3. The molecule has 0 bridgehead atoms. The Morgan fingerprint density at radius 2 is 1.74 bits per heavy atom. The van der Waals surface area contributed by atoms with Crippen molar-refractivity contribution in [3.63, 3.8) is 0 Å². The van der Waals surface area contributed by atoms with Crippen LogP contribution in [0.5, 0.6) is 0 Å². The Hall–Kier alpha value is -0.910. The maximum absolute atomic E-state index is 12.7. The quantitative estimate of drug-likeness (QED) is 0.809. The van der Waals surface area contributed by atoms with Gasteiger partial charge in [-0.3, -0.25) is 4.79 Å². The molecular weight excluding hydrogens is 358 g/mol. The molecule has 4 nitrogen and oxygen atoms in total. The first-order chi connectivity index (χ1) is 11.2. The van der Waals surface area contributed by atoms with E-state index in [1.807, 2.05) is 0 Å². The summed E-state index contributed by atoms with van der Waals surface area (Å²) in [5.74, 6) is 1.38. The van der Waals surface area contributed by atoms with Gasteiger partial charge in [0.25, 0.3) is 0 Å². The van der Waals surface area contributed by atoms with Gasteiger partial charge in [0.05, 0.1) is 13.2 Å². The molecule has 4 rings (SSSR count). The van der Waals surface area contributed by atoms with Gasteiger partial charge in [0.2, 0.25) is 5.91 Å². The molecule has 1 saturated carbocycles. The second-order valence-corrected chi connectivity index (χ2v) is 7.69. The van der Waals surface area contributed by atoms with E-state index in [4.69, 9.17) is 9.47 Å². The monoisotopic (exact) mass is 379 g/mol. The fraction of sp³-hybridized carbons (Fsp3) is 0.611. The van der Waals surface area contributed by atoms with E-state index in [0.717, 1.165) is 36.8 Å². The Bertz CT molecular complexity index is 562. The SMILES string of the molecule is O=C(C1CC1c1ccc(Br)cc1)N1CCC(C2OCCO2)CC1. The van der Waals surface area contributed by atoms with Gasteiger partial charge in [-0.05, 0) is 42.9 Å². The topological polar surface area (TPSA) is 38.8 Å². The van der Waals surface area contributed by atoms with Crippen molar-refractivity contribution in [1.82, 2.24) is 4.90 Å². The Kier molecular flexibility index (Phi) is 4.43. The standard InChI is InChI=1S/C18H22BrNO3/c19-14-3-1-12(2-4-14)15-11-16(15)17(21)20-7-5-13(6-8-20)18-22-9-10-23-18/h1-4,13,15-16,18H,5-11H2. The third-order valence-electron chi connectivity index (χ3n) is 5.29. The molecule has 5 heteroatoms. The molecule has 3 aliphatic rings. The molecule has 2 unspecified atom stereocenters. The van der Waals surface area contributed by atoms with Crippen LogP contribution in [0.1, 0.15) is 30.7 Å². The number of carbonyl (C=O) groups is 1. The number of ether oxygens (including phenoxy) is 2. The smallest absolute Gasteiger partial charge is 0.226 e. The van der Waals surface area contributed by atoms with Crippen molar-refractivity contribution in [2.75, 3.05) is 26.3 Å². The average molecular weight is 380 g/mol. The lowest BCUT2D eigenvalue weighted by molar-refractivity contribution is -0.138. The second-order valence-electron chi connectivity index (χ2n) is 6.77. The van der Waals surface area contributed by atoms with Crippen molar-refractivity contribution >= 4 is 21.8 Å². The van der Waals surface area contributed by atoms with Crippen molar-refractivity contribution in [3.8, 4) is 0 Å². The van der Waals surface area contributed by atoms with Gasteiger partial charge >= 0.3 is 0 Å². The van der Waals surface area contributed by atoms with E-state index < -0.39 is 0 Å². The lowest BCUT2D eigenvalue weighted by Crippen LogP contribution is -2.42. The number of piperidine rings is 1. The Morgan fingerprint density at radius 3 is 2.39 bits per heavy atom. The van der Waals surface area contributed by atoms with Gasteiger partial charge in [-0.25, -0.2) is 0 Å². The lowest BCUT2D eigenvalue weighted by atomic mass is 9.95. The highest BCUT2D eigenvalue weighted by atomic mass is 79.9. The lowest BCUT2D eigenvalue weighted by Gasteiger charge is -2.34. The summed E-state index contributed by atoms with van der Waals surface area (Å²) in [5, 5.41) is 0. The van der Waals surface area contributed by atoms with Gasteiger partial charge < -0.3 is 14.4 Å².